The van der Waals surface area contributed by atoms with E-state index in [-0.39, 0.29) is 0 Å². The number of hydrogen-bond acceptors (Lipinski definition) is 6. The van der Waals surface area contributed by atoms with Crippen molar-refractivity contribution in [2.24, 2.45) is 0 Å². The van der Waals surface area contributed by atoms with Crippen LogP contribution in [0.15, 0.2) is 30.6 Å². The maximum Gasteiger partial charge on any atom is 0.134 e. The number of piperidine rings is 1. The molecule has 1 fully saturated rings. The van der Waals surface area contributed by atoms with Crippen LogP contribution in [-0.4, -0.2) is 50.2 Å². The highest BCUT2D eigenvalue weighted by atomic mass is 35.5. The van der Waals surface area contributed by atoms with Gasteiger partial charge in [0.05, 0.1) is 16.3 Å². The zero-order valence-electron chi connectivity index (χ0n) is 15.4. The fourth-order valence-corrected chi connectivity index (χ4v) is 3.55. The molecule has 2 aromatic rings. The molecule has 0 spiro atoms. The van der Waals surface area contributed by atoms with Gasteiger partial charge in [0.25, 0.3) is 0 Å². The van der Waals surface area contributed by atoms with Crippen molar-refractivity contribution in [3.63, 3.8) is 0 Å². The number of anilines is 3. The van der Waals surface area contributed by atoms with Crippen LogP contribution in [0.1, 0.15) is 18.4 Å². The Morgan fingerprint density at radius 2 is 2.00 bits per heavy atom. The van der Waals surface area contributed by atoms with Gasteiger partial charge >= 0.3 is 0 Å². The number of nitriles is 1. The molecule has 7 heteroatoms. The summed E-state index contributed by atoms with van der Waals surface area (Å²) in [6.45, 7) is 1.75. The molecule has 1 saturated heterocycles. The first-order valence-corrected chi connectivity index (χ1v) is 9.05. The maximum atomic E-state index is 9.47. The minimum atomic E-state index is 0.305. The molecule has 0 amide bonds. The molecule has 1 atom stereocenters. The van der Waals surface area contributed by atoms with E-state index in [1.54, 1.807) is 12.4 Å². The van der Waals surface area contributed by atoms with E-state index in [1.165, 1.54) is 0 Å². The van der Waals surface area contributed by atoms with Crippen LogP contribution in [0.25, 0.3) is 0 Å². The van der Waals surface area contributed by atoms with Crippen LogP contribution in [0.5, 0.6) is 0 Å². The highest BCUT2D eigenvalue weighted by Crippen LogP contribution is 2.30. The van der Waals surface area contributed by atoms with Gasteiger partial charge in [0.2, 0.25) is 0 Å². The highest BCUT2D eigenvalue weighted by molar-refractivity contribution is 6.32. The quantitative estimate of drug-likeness (QED) is 0.823. The van der Waals surface area contributed by atoms with E-state index in [0.29, 0.717) is 16.6 Å². The summed E-state index contributed by atoms with van der Waals surface area (Å²) in [5.41, 5.74) is 1.46. The van der Waals surface area contributed by atoms with E-state index >= 15 is 0 Å². The molecule has 0 N–H and O–H groups in total. The highest BCUT2D eigenvalue weighted by Gasteiger charge is 2.26. The fraction of sp³-hybridized carbons (Fsp3) is 0.421. The largest absolute Gasteiger partial charge is 0.368 e. The number of nitrogens with zero attached hydrogens (tertiary/aromatic N) is 6. The molecular formula is C19H23ClN6. The van der Waals surface area contributed by atoms with E-state index in [1.807, 2.05) is 37.2 Å². The molecule has 1 aliphatic rings. The molecule has 136 valence electrons. The lowest BCUT2D eigenvalue weighted by molar-refractivity contribution is 0.485. The van der Waals surface area contributed by atoms with Gasteiger partial charge in [-0.3, -0.25) is 0 Å². The van der Waals surface area contributed by atoms with Crippen molar-refractivity contribution < 1.29 is 0 Å². The number of halogens is 1. The zero-order valence-corrected chi connectivity index (χ0v) is 16.1. The predicted octanol–water partition coefficient (Wildman–Crippen LogP) is 3.17. The average Bonchev–Trinajstić information content (AvgIpc) is 2.67. The van der Waals surface area contributed by atoms with E-state index in [4.69, 9.17) is 11.6 Å². The van der Waals surface area contributed by atoms with Crippen LogP contribution >= 0.6 is 11.6 Å². The van der Waals surface area contributed by atoms with Crippen LogP contribution in [-0.2, 0) is 0 Å². The van der Waals surface area contributed by atoms with E-state index < -0.39 is 0 Å². The van der Waals surface area contributed by atoms with Crippen molar-refractivity contribution in [1.29, 1.82) is 5.26 Å². The summed E-state index contributed by atoms with van der Waals surface area (Å²) in [5.74, 6) is 1.79. The van der Waals surface area contributed by atoms with Crippen LogP contribution in [0.3, 0.4) is 0 Å². The normalized spacial score (nSPS) is 16.9. The Balaban J connectivity index is 1.82. The second-order valence-electron chi connectivity index (χ2n) is 6.73. The van der Waals surface area contributed by atoms with E-state index in [0.717, 1.165) is 43.3 Å². The minimum Gasteiger partial charge on any atom is -0.368 e. The van der Waals surface area contributed by atoms with Crippen LogP contribution in [0, 0.1) is 11.3 Å². The molecule has 0 saturated carbocycles. The average molecular weight is 371 g/mol. The molecule has 1 aromatic carbocycles. The van der Waals surface area contributed by atoms with Gasteiger partial charge in [0.1, 0.15) is 24.0 Å². The molecular weight excluding hydrogens is 348 g/mol. The Kier molecular flexibility index (Phi) is 5.48. The SMILES string of the molecule is CN(C)c1cc(N(C)C2CCCN(c3cccc(Cl)c3C#N)C2)ncn1. The smallest absolute Gasteiger partial charge is 0.134 e. The van der Waals surface area contributed by atoms with Gasteiger partial charge in [-0.15, -0.1) is 0 Å². The molecule has 26 heavy (non-hydrogen) atoms. The van der Waals surface area contributed by atoms with Crippen LogP contribution in [0.4, 0.5) is 17.3 Å². The number of benzene rings is 1. The van der Waals surface area contributed by atoms with Gasteiger partial charge in [-0.25, -0.2) is 9.97 Å². The Bertz CT molecular complexity index is 816. The third kappa shape index (κ3) is 3.68. The molecule has 1 aliphatic heterocycles. The predicted molar refractivity (Wildman–Crippen MR) is 106 cm³/mol. The topological polar surface area (TPSA) is 59.3 Å². The first-order chi connectivity index (χ1) is 12.5. The van der Waals surface area contributed by atoms with E-state index in [2.05, 4.69) is 32.9 Å². The van der Waals surface area contributed by atoms with Crippen molar-refractivity contribution in [2.75, 3.05) is 48.9 Å². The van der Waals surface area contributed by atoms with Crippen molar-refractivity contribution in [3.8, 4) is 6.07 Å². The summed E-state index contributed by atoms with van der Waals surface area (Å²) in [7, 11) is 6.01. The van der Waals surface area contributed by atoms with Crippen molar-refractivity contribution in [3.05, 3.63) is 41.2 Å². The standard InChI is InChI=1S/C19H23ClN6/c1-24(2)18-10-19(23-13-22-18)25(3)14-6-5-9-26(12-14)17-8-4-7-16(20)15(17)11-21/h4,7-8,10,13-14H,5-6,9,12H2,1-3H3. The second-order valence-corrected chi connectivity index (χ2v) is 7.13. The molecule has 2 heterocycles. The lowest BCUT2D eigenvalue weighted by atomic mass is 10.0. The Hall–Kier alpha value is -2.52. The monoisotopic (exact) mass is 370 g/mol. The van der Waals surface area contributed by atoms with Gasteiger partial charge in [0.15, 0.2) is 0 Å². The minimum absolute atomic E-state index is 0.305. The summed E-state index contributed by atoms with van der Waals surface area (Å²) in [6, 6.07) is 10.2. The number of hydrogen-bond donors (Lipinski definition) is 0. The van der Waals surface area contributed by atoms with Crippen molar-refractivity contribution in [2.45, 2.75) is 18.9 Å². The first-order valence-electron chi connectivity index (χ1n) is 8.67. The molecule has 0 radical (unpaired) electrons. The molecule has 6 nitrogen and oxygen atoms in total. The number of aromatic nitrogens is 2. The summed E-state index contributed by atoms with van der Waals surface area (Å²) < 4.78 is 0. The van der Waals surface area contributed by atoms with Crippen molar-refractivity contribution in [1.82, 2.24) is 9.97 Å². The molecule has 1 unspecified atom stereocenters. The second kappa shape index (κ2) is 7.79. The van der Waals surface area contributed by atoms with Crippen LogP contribution < -0.4 is 14.7 Å². The van der Waals surface area contributed by atoms with E-state index in [9.17, 15) is 5.26 Å². The Morgan fingerprint density at radius 1 is 1.23 bits per heavy atom. The summed E-state index contributed by atoms with van der Waals surface area (Å²) >= 11 is 6.21. The van der Waals surface area contributed by atoms with Gasteiger partial charge in [-0.1, -0.05) is 17.7 Å². The van der Waals surface area contributed by atoms with Crippen molar-refractivity contribution >= 4 is 28.9 Å². The summed E-state index contributed by atoms with van der Waals surface area (Å²) in [4.78, 5) is 15.2. The summed E-state index contributed by atoms with van der Waals surface area (Å²) in [6.07, 6.45) is 3.74. The van der Waals surface area contributed by atoms with Gasteiger partial charge < -0.3 is 14.7 Å². The number of likely N-dealkylation sites (N-methyl/N-ethyl adjacent to an activating group) is 1. The maximum absolute atomic E-state index is 9.47. The third-order valence-electron chi connectivity index (χ3n) is 4.85. The Morgan fingerprint density at radius 3 is 2.73 bits per heavy atom. The zero-order chi connectivity index (χ0) is 18.7. The first kappa shape index (κ1) is 18.3. The lowest BCUT2D eigenvalue weighted by Gasteiger charge is -2.39. The lowest BCUT2D eigenvalue weighted by Crippen LogP contribution is -2.47. The number of rotatable bonds is 4. The molecule has 0 bridgehead atoms. The Labute approximate surface area is 159 Å². The molecule has 3 rings (SSSR count). The third-order valence-corrected chi connectivity index (χ3v) is 5.16. The van der Waals surface area contributed by atoms with Gasteiger partial charge in [-0.05, 0) is 25.0 Å². The summed E-state index contributed by atoms with van der Waals surface area (Å²) in [5, 5.41) is 9.98. The van der Waals surface area contributed by atoms with Gasteiger partial charge in [0, 0.05) is 46.3 Å². The molecule has 1 aromatic heterocycles. The van der Waals surface area contributed by atoms with Gasteiger partial charge in [-0.2, -0.15) is 5.26 Å². The van der Waals surface area contributed by atoms with Crippen LogP contribution in [0.2, 0.25) is 5.02 Å². The molecule has 0 aliphatic carbocycles. The fourth-order valence-electron chi connectivity index (χ4n) is 3.34.